The van der Waals surface area contributed by atoms with Crippen LogP contribution in [0.5, 0.6) is 0 Å². The van der Waals surface area contributed by atoms with E-state index in [2.05, 4.69) is 10.6 Å². The zero-order valence-electron chi connectivity index (χ0n) is 16.0. The first kappa shape index (κ1) is 22.3. The number of carbonyl (C=O) groups is 2. The summed E-state index contributed by atoms with van der Waals surface area (Å²) in [4.78, 5) is 24.3. The van der Waals surface area contributed by atoms with Crippen molar-refractivity contribution in [3.05, 3.63) is 65.7 Å². The molecule has 0 fully saturated rings. The van der Waals surface area contributed by atoms with Crippen molar-refractivity contribution in [2.75, 3.05) is 25.0 Å². The smallest absolute Gasteiger partial charge is 0.416 e. The SMILES string of the molecule is CCOC(=O)C(CNC(=O)CNc1cccc(C(F)(F)F)c1)Cc1ccccc1. The summed E-state index contributed by atoms with van der Waals surface area (Å²) in [5.74, 6) is -1.41. The highest BCUT2D eigenvalue weighted by Gasteiger charge is 2.30. The van der Waals surface area contributed by atoms with Crippen LogP contribution in [-0.2, 0) is 26.9 Å². The number of nitrogens with one attached hydrogen (secondary N) is 2. The van der Waals surface area contributed by atoms with Gasteiger partial charge in [0.2, 0.25) is 5.91 Å². The molecule has 0 saturated heterocycles. The standard InChI is InChI=1S/C21H23F3N2O3/c1-2-29-20(28)16(11-15-7-4-3-5-8-15)13-26-19(27)14-25-18-10-6-9-17(12-18)21(22,23)24/h3-10,12,16,25H,2,11,13-14H2,1H3,(H,26,27). The molecule has 1 atom stereocenters. The summed E-state index contributed by atoms with van der Waals surface area (Å²) < 4.78 is 43.3. The molecule has 1 amide bonds. The Labute approximate surface area is 167 Å². The molecule has 0 heterocycles. The van der Waals surface area contributed by atoms with Crippen LogP contribution < -0.4 is 10.6 Å². The van der Waals surface area contributed by atoms with Crippen LogP contribution in [0.3, 0.4) is 0 Å². The molecule has 2 aromatic rings. The summed E-state index contributed by atoms with van der Waals surface area (Å²) in [6.45, 7) is 1.78. The molecule has 0 aliphatic rings. The predicted octanol–water partition coefficient (Wildman–Crippen LogP) is 3.66. The minimum Gasteiger partial charge on any atom is -0.466 e. The first-order valence-electron chi connectivity index (χ1n) is 9.18. The molecule has 0 saturated carbocycles. The molecule has 156 valence electrons. The normalized spacial score (nSPS) is 12.1. The van der Waals surface area contributed by atoms with Crippen LogP contribution in [0.25, 0.3) is 0 Å². The minimum absolute atomic E-state index is 0.0663. The number of anilines is 1. The van der Waals surface area contributed by atoms with Gasteiger partial charge in [0, 0.05) is 12.2 Å². The summed E-state index contributed by atoms with van der Waals surface area (Å²) in [6, 6.07) is 13.9. The van der Waals surface area contributed by atoms with E-state index in [9.17, 15) is 22.8 Å². The Bertz CT molecular complexity index is 810. The van der Waals surface area contributed by atoms with Gasteiger partial charge < -0.3 is 15.4 Å². The quantitative estimate of drug-likeness (QED) is 0.622. The Morgan fingerprint density at radius 3 is 2.45 bits per heavy atom. The van der Waals surface area contributed by atoms with Gasteiger partial charge in [-0.1, -0.05) is 36.4 Å². The lowest BCUT2D eigenvalue weighted by atomic mass is 9.99. The van der Waals surface area contributed by atoms with E-state index in [1.165, 1.54) is 12.1 Å². The summed E-state index contributed by atoms with van der Waals surface area (Å²) >= 11 is 0. The molecule has 0 spiro atoms. The van der Waals surface area contributed by atoms with Crippen molar-refractivity contribution in [2.45, 2.75) is 19.5 Å². The third kappa shape index (κ3) is 7.48. The Hall–Kier alpha value is -3.03. The van der Waals surface area contributed by atoms with E-state index in [-0.39, 0.29) is 25.4 Å². The van der Waals surface area contributed by atoms with Crippen molar-refractivity contribution < 1.29 is 27.5 Å². The van der Waals surface area contributed by atoms with Gasteiger partial charge in [0.15, 0.2) is 0 Å². The number of hydrogen-bond acceptors (Lipinski definition) is 4. The first-order chi connectivity index (χ1) is 13.8. The number of hydrogen-bond donors (Lipinski definition) is 2. The van der Waals surface area contributed by atoms with Crippen molar-refractivity contribution in [3.63, 3.8) is 0 Å². The van der Waals surface area contributed by atoms with Gasteiger partial charge in [0.05, 0.1) is 24.6 Å². The molecule has 0 aromatic heterocycles. The Kier molecular flexibility index (Phi) is 8.06. The molecule has 0 radical (unpaired) electrons. The average molecular weight is 408 g/mol. The maximum atomic E-state index is 12.7. The lowest BCUT2D eigenvalue weighted by Crippen LogP contribution is -2.37. The molecule has 2 aromatic carbocycles. The first-order valence-corrected chi connectivity index (χ1v) is 9.18. The van der Waals surface area contributed by atoms with Crippen LogP contribution in [0.2, 0.25) is 0 Å². The van der Waals surface area contributed by atoms with Crippen LogP contribution in [0.1, 0.15) is 18.1 Å². The molecule has 5 nitrogen and oxygen atoms in total. The van der Waals surface area contributed by atoms with Gasteiger partial charge in [0.1, 0.15) is 0 Å². The Morgan fingerprint density at radius 1 is 1.07 bits per heavy atom. The van der Waals surface area contributed by atoms with E-state index >= 15 is 0 Å². The monoisotopic (exact) mass is 408 g/mol. The molecule has 2 rings (SSSR count). The van der Waals surface area contributed by atoms with E-state index in [0.717, 1.165) is 17.7 Å². The number of benzene rings is 2. The van der Waals surface area contributed by atoms with Crippen molar-refractivity contribution in [1.29, 1.82) is 0 Å². The number of alkyl halides is 3. The van der Waals surface area contributed by atoms with Gasteiger partial charge in [0.25, 0.3) is 0 Å². The fourth-order valence-electron chi connectivity index (χ4n) is 2.68. The predicted molar refractivity (Wildman–Crippen MR) is 103 cm³/mol. The summed E-state index contributed by atoms with van der Waals surface area (Å²) in [7, 11) is 0. The highest BCUT2D eigenvalue weighted by Crippen LogP contribution is 2.30. The van der Waals surface area contributed by atoms with Crippen LogP contribution >= 0.6 is 0 Å². The van der Waals surface area contributed by atoms with Gasteiger partial charge >= 0.3 is 12.1 Å². The van der Waals surface area contributed by atoms with Gasteiger partial charge in [-0.05, 0) is 37.1 Å². The molecule has 1 unspecified atom stereocenters. The largest absolute Gasteiger partial charge is 0.466 e. The molecule has 0 aliphatic carbocycles. The van der Waals surface area contributed by atoms with Crippen molar-refractivity contribution in [2.24, 2.45) is 5.92 Å². The van der Waals surface area contributed by atoms with E-state index in [0.29, 0.717) is 6.42 Å². The maximum Gasteiger partial charge on any atom is 0.416 e. The van der Waals surface area contributed by atoms with Gasteiger partial charge in [-0.25, -0.2) is 0 Å². The highest BCUT2D eigenvalue weighted by atomic mass is 19.4. The number of amides is 1. The average Bonchev–Trinajstić information content (AvgIpc) is 2.70. The van der Waals surface area contributed by atoms with Crippen LogP contribution in [-0.4, -0.2) is 31.6 Å². The molecule has 29 heavy (non-hydrogen) atoms. The van der Waals surface area contributed by atoms with E-state index in [1.807, 2.05) is 30.3 Å². The number of esters is 1. The van der Waals surface area contributed by atoms with Crippen LogP contribution in [0, 0.1) is 5.92 Å². The van der Waals surface area contributed by atoms with Gasteiger partial charge in [-0.15, -0.1) is 0 Å². The maximum absolute atomic E-state index is 12.7. The molecule has 2 N–H and O–H groups in total. The third-order valence-electron chi connectivity index (χ3n) is 4.13. The minimum atomic E-state index is -4.45. The molecule has 0 bridgehead atoms. The van der Waals surface area contributed by atoms with Gasteiger partial charge in [-0.3, -0.25) is 9.59 Å². The van der Waals surface area contributed by atoms with Crippen LogP contribution in [0.4, 0.5) is 18.9 Å². The number of rotatable bonds is 9. The summed E-state index contributed by atoms with van der Waals surface area (Å²) in [5, 5.41) is 5.29. The lowest BCUT2D eigenvalue weighted by molar-refractivity contribution is -0.148. The fourth-order valence-corrected chi connectivity index (χ4v) is 2.68. The molecular weight excluding hydrogens is 385 g/mol. The molecule has 0 aliphatic heterocycles. The van der Waals surface area contributed by atoms with Crippen LogP contribution in [0.15, 0.2) is 54.6 Å². The van der Waals surface area contributed by atoms with E-state index in [4.69, 9.17) is 4.74 Å². The number of ether oxygens (including phenoxy) is 1. The van der Waals surface area contributed by atoms with Crippen molar-refractivity contribution in [3.8, 4) is 0 Å². The Balaban J connectivity index is 1.90. The van der Waals surface area contributed by atoms with Crippen molar-refractivity contribution >= 4 is 17.6 Å². The number of halogens is 3. The fraction of sp³-hybridized carbons (Fsp3) is 0.333. The van der Waals surface area contributed by atoms with E-state index in [1.54, 1.807) is 6.92 Å². The zero-order valence-corrected chi connectivity index (χ0v) is 16.0. The lowest BCUT2D eigenvalue weighted by Gasteiger charge is -2.17. The van der Waals surface area contributed by atoms with Crippen molar-refractivity contribution in [1.82, 2.24) is 5.32 Å². The highest BCUT2D eigenvalue weighted by molar-refractivity contribution is 5.81. The second-order valence-electron chi connectivity index (χ2n) is 6.37. The van der Waals surface area contributed by atoms with Gasteiger partial charge in [-0.2, -0.15) is 13.2 Å². The second kappa shape index (κ2) is 10.5. The summed E-state index contributed by atoms with van der Waals surface area (Å²) in [5.41, 5.74) is 0.316. The van der Waals surface area contributed by atoms with E-state index < -0.39 is 29.5 Å². The third-order valence-corrected chi connectivity index (χ3v) is 4.13. The zero-order chi connectivity index (χ0) is 21.3. The summed E-state index contributed by atoms with van der Waals surface area (Å²) in [6.07, 6.45) is -4.05. The Morgan fingerprint density at radius 2 is 1.79 bits per heavy atom. The second-order valence-corrected chi connectivity index (χ2v) is 6.37. The number of carbonyl (C=O) groups excluding carboxylic acids is 2. The molecular formula is C21H23F3N2O3. The topological polar surface area (TPSA) is 67.4 Å². The molecule has 8 heteroatoms.